The number of hydrogen-bond acceptors (Lipinski definition) is 6. The van der Waals surface area contributed by atoms with Gasteiger partial charge < -0.3 is 4.74 Å². The van der Waals surface area contributed by atoms with Gasteiger partial charge in [-0.25, -0.2) is 15.0 Å². The summed E-state index contributed by atoms with van der Waals surface area (Å²) in [4.78, 5) is 16.3. The molecule has 1 atom stereocenters. The van der Waals surface area contributed by atoms with Gasteiger partial charge in [0.15, 0.2) is 0 Å². The average molecular weight is 330 g/mol. The minimum absolute atomic E-state index is 0.458. The number of hydrogen-bond donors (Lipinski definition) is 0. The van der Waals surface area contributed by atoms with Gasteiger partial charge >= 0.3 is 0 Å². The van der Waals surface area contributed by atoms with Gasteiger partial charge in [0.1, 0.15) is 6.33 Å². The largest absolute Gasteiger partial charge is 0.381 e. The van der Waals surface area contributed by atoms with Gasteiger partial charge in [0.25, 0.3) is 0 Å². The van der Waals surface area contributed by atoms with Crippen molar-refractivity contribution in [2.45, 2.75) is 38.6 Å². The van der Waals surface area contributed by atoms with Gasteiger partial charge in [-0.15, -0.1) is 11.3 Å². The summed E-state index contributed by atoms with van der Waals surface area (Å²) in [6.07, 6.45) is 4.86. The molecule has 0 saturated carbocycles. The molecule has 0 amide bonds. The Kier molecular flexibility index (Phi) is 4.37. The van der Waals surface area contributed by atoms with E-state index in [1.54, 1.807) is 17.7 Å². The minimum Gasteiger partial charge on any atom is -0.381 e. The van der Waals surface area contributed by atoms with Gasteiger partial charge in [0.05, 0.1) is 23.0 Å². The van der Waals surface area contributed by atoms with E-state index < -0.39 is 0 Å². The van der Waals surface area contributed by atoms with Gasteiger partial charge in [-0.05, 0) is 25.3 Å². The molecule has 23 heavy (non-hydrogen) atoms. The highest BCUT2D eigenvalue weighted by Crippen LogP contribution is 2.29. The molecule has 5 nitrogen and oxygen atoms in total. The van der Waals surface area contributed by atoms with Gasteiger partial charge in [-0.3, -0.25) is 4.90 Å². The van der Waals surface area contributed by atoms with Crippen LogP contribution in [-0.2, 0) is 24.1 Å². The van der Waals surface area contributed by atoms with Crippen LogP contribution in [0.4, 0.5) is 0 Å². The molecule has 1 saturated heterocycles. The van der Waals surface area contributed by atoms with Gasteiger partial charge in [0, 0.05) is 49.7 Å². The van der Waals surface area contributed by atoms with Crippen molar-refractivity contribution in [1.82, 2.24) is 19.9 Å². The third-order valence-electron chi connectivity index (χ3n) is 4.78. The molecule has 2 aliphatic rings. The molecule has 2 aromatic rings. The molecule has 0 aromatic carbocycles. The van der Waals surface area contributed by atoms with E-state index in [0.29, 0.717) is 5.92 Å². The predicted octanol–water partition coefficient (Wildman–Crippen LogP) is 2.35. The molecule has 122 valence electrons. The van der Waals surface area contributed by atoms with E-state index in [-0.39, 0.29) is 0 Å². The van der Waals surface area contributed by atoms with Crippen molar-refractivity contribution in [3.05, 3.63) is 39.4 Å². The molecule has 0 radical (unpaired) electrons. The Morgan fingerprint density at radius 1 is 1.30 bits per heavy atom. The lowest BCUT2D eigenvalue weighted by atomic mass is 9.96. The molecule has 4 heterocycles. The van der Waals surface area contributed by atoms with Crippen LogP contribution in [0.25, 0.3) is 0 Å². The molecule has 6 heteroatoms. The minimum atomic E-state index is 0.458. The summed E-state index contributed by atoms with van der Waals surface area (Å²) >= 11 is 1.73. The topological polar surface area (TPSA) is 51.1 Å². The number of aryl methyl sites for hydroxylation is 1. The maximum Gasteiger partial charge on any atom is 0.115 e. The highest BCUT2D eigenvalue weighted by atomic mass is 32.1. The fraction of sp³-hybridized carbons (Fsp3) is 0.588. The first-order valence-corrected chi connectivity index (χ1v) is 9.21. The van der Waals surface area contributed by atoms with Crippen molar-refractivity contribution in [2.75, 3.05) is 26.3 Å². The van der Waals surface area contributed by atoms with Crippen LogP contribution in [0.5, 0.6) is 0 Å². The van der Waals surface area contributed by atoms with Crippen LogP contribution in [0.3, 0.4) is 0 Å². The fourth-order valence-electron chi connectivity index (χ4n) is 3.57. The van der Waals surface area contributed by atoms with Crippen molar-refractivity contribution < 1.29 is 4.74 Å². The van der Waals surface area contributed by atoms with Crippen molar-refractivity contribution in [2.24, 2.45) is 0 Å². The molecule has 0 bridgehead atoms. The summed E-state index contributed by atoms with van der Waals surface area (Å²) in [7, 11) is 0. The second kappa shape index (κ2) is 6.63. The smallest absolute Gasteiger partial charge is 0.115 e. The van der Waals surface area contributed by atoms with Crippen LogP contribution in [0, 0.1) is 6.92 Å². The van der Waals surface area contributed by atoms with E-state index in [1.165, 1.54) is 22.6 Å². The number of nitrogens with zero attached hydrogens (tertiary/aromatic N) is 4. The summed E-state index contributed by atoms with van der Waals surface area (Å²) in [5.41, 5.74) is 5.03. The third kappa shape index (κ3) is 3.29. The first-order valence-electron chi connectivity index (χ1n) is 8.33. The molecule has 4 rings (SSSR count). The SMILES string of the molecule is Cc1nc(CN2CCc3ncnc([C@H]4CCOC4)c3CC2)cs1. The third-order valence-corrected chi connectivity index (χ3v) is 5.60. The Labute approximate surface area is 140 Å². The monoisotopic (exact) mass is 330 g/mol. The average Bonchev–Trinajstić information content (AvgIpc) is 3.17. The maximum absolute atomic E-state index is 5.56. The molecule has 2 aliphatic heterocycles. The second-order valence-corrected chi connectivity index (χ2v) is 7.44. The van der Waals surface area contributed by atoms with Crippen LogP contribution in [0.2, 0.25) is 0 Å². The Morgan fingerprint density at radius 3 is 3.00 bits per heavy atom. The Morgan fingerprint density at radius 2 is 2.22 bits per heavy atom. The van der Waals surface area contributed by atoms with Crippen LogP contribution >= 0.6 is 11.3 Å². The highest BCUT2D eigenvalue weighted by molar-refractivity contribution is 7.09. The molecule has 1 fully saturated rings. The normalized spacial score (nSPS) is 22.0. The zero-order valence-corrected chi connectivity index (χ0v) is 14.3. The molecule has 0 spiro atoms. The van der Waals surface area contributed by atoms with Crippen molar-refractivity contribution >= 4 is 11.3 Å². The number of ether oxygens (including phenoxy) is 1. The first kappa shape index (κ1) is 15.2. The zero-order chi connectivity index (χ0) is 15.6. The lowest BCUT2D eigenvalue weighted by molar-refractivity contribution is 0.193. The van der Waals surface area contributed by atoms with Crippen molar-refractivity contribution in [3.63, 3.8) is 0 Å². The lowest BCUT2D eigenvalue weighted by Gasteiger charge is -2.18. The van der Waals surface area contributed by atoms with E-state index in [0.717, 1.165) is 57.1 Å². The molecular weight excluding hydrogens is 308 g/mol. The van der Waals surface area contributed by atoms with Gasteiger partial charge in [0.2, 0.25) is 0 Å². The van der Waals surface area contributed by atoms with Gasteiger partial charge in [-0.1, -0.05) is 0 Å². The lowest BCUT2D eigenvalue weighted by Crippen LogP contribution is -2.26. The summed E-state index contributed by atoms with van der Waals surface area (Å²) in [5.74, 6) is 0.458. The van der Waals surface area contributed by atoms with Crippen LogP contribution in [0.15, 0.2) is 11.7 Å². The number of aromatic nitrogens is 3. The zero-order valence-electron chi connectivity index (χ0n) is 13.5. The standard InChI is InChI=1S/C17H22N4OS/c1-12-20-14(10-23-12)8-21-5-2-15-16(3-6-21)18-11-19-17(15)13-4-7-22-9-13/h10-11,13H,2-9H2,1H3/t13-/m0/s1. The summed E-state index contributed by atoms with van der Waals surface area (Å²) in [6, 6.07) is 0. The van der Waals surface area contributed by atoms with Crippen LogP contribution < -0.4 is 0 Å². The highest BCUT2D eigenvalue weighted by Gasteiger charge is 2.26. The molecule has 2 aromatic heterocycles. The number of thiazole rings is 1. The molecular formula is C17H22N4OS. The first-order chi connectivity index (χ1) is 11.3. The number of fused-ring (bicyclic) bond motifs is 1. The molecule has 0 aliphatic carbocycles. The Bertz CT molecular complexity index is 681. The van der Waals surface area contributed by atoms with E-state index in [4.69, 9.17) is 4.74 Å². The van der Waals surface area contributed by atoms with E-state index >= 15 is 0 Å². The Hall–Kier alpha value is -1.37. The van der Waals surface area contributed by atoms with Crippen molar-refractivity contribution in [1.29, 1.82) is 0 Å². The second-order valence-electron chi connectivity index (χ2n) is 6.38. The maximum atomic E-state index is 5.56. The quantitative estimate of drug-likeness (QED) is 0.865. The predicted molar refractivity (Wildman–Crippen MR) is 89.7 cm³/mol. The van der Waals surface area contributed by atoms with Crippen LogP contribution in [0.1, 0.15) is 40.0 Å². The molecule has 0 N–H and O–H groups in total. The van der Waals surface area contributed by atoms with E-state index in [1.807, 2.05) is 0 Å². The number of rotatable bonds is 3. The fourth-order valence-corrected chi connectivity index (χ4v) is 4.17. The Balaban J connectivity index is 1.50. The van der Waals surface area contributed by atoms with Crippen molar-refractivity contribution in [3.8, 4) is 0 Å². The van der Waals surface area contributed by atoms with Crippen LogP contribution in [-0.4, -0.2) is 46.2 Å². The van der Waals surface area contributed by atoms with Gasteiger partial charge in [-0.2, -0.15) is 0 Å². The molecule has 0 unspecified atom stereocenters. The van der Waals surface area contributed by atoms with E-state index in [9.17, 15) is 0 Å². The summed E-state index contributed by atoms with van der Waals surface area (Å²) < 4.78 is 5.56. The summed E-state index contributed by atoms with van der Waals surface area (Å²) in [6.45, 7) is 6.77. The summed E-state index contributed by atoms with van der Waals surface area (Å²) in [5, 5.41) is 3.32. The van der Waals surface area contributed by atoms with E-state index in [2.05, 4.69) is 32.2 Å².